The van der Waals surface area contributed by atoms with Gasteiger partial charge in [-0.05, 0) is 53.4 Å². The van der Waals surface area contributed by atoms with Crippen molar-refractivity contribution in [2.24, 2.45) is 11.8 Å². The molecule has 4 atom stereocenters. The van der Waals surface area contributed by atoms with Crippen molar-refractivity contribution < 1.29 is 28.7 Å². The maximum Gasteiger partial charge on any atom is 0.407 e. The number of piperidine rings is 1. The smallest absolute Gasteiger partial charge is 0.407 e. The third-order valence-corrected chi connectivity index (χ3v) is 10.3. The molecule has 0 saturated carbocycles. The van der Waals surface area contributed by atoms with E-state index in [1.807, 2.05) is 69.0 Å². The fourth-order valence-electron chi connectivity index (χ4n) is 7.19. The van der Waals surface area contributed by atoms with Crippen LogP contribution in [-0.4, -0.2) is 93.1 Å². The Kier molecular flexibility index (Phi) is 12.0. The largest absolute Gasteiger partial charge is 0.453 e. The number of rotatable bonds is 11. The first-order valence-electron chi connectivity index (χ1n) is 18.8. The molecule has 1 saturated heterocycles. The lowest BCUT2D eigenvalue weighted by molar-refractivity contribution is -0.138. The number of nitrogens with zero attached hydrogens (tertiary/aromatic N) is 4. The molecule has 290 valence electrons. The van der Waals surface area contributed by atoms with E-state index in [2.05, 4.69) is 49.9 Å². The van der Waals surface area contributed by atoms with Crippen LogP contribution in [0.25, 0.3) is 33.6 Å². The Morgan fingerprint density at radius 1 is 0.691 bits per heavy atom. The summed E-state index contributed by atoms with van der Waals surface area (Å²) in [4.78, 5) is 70.8. The van der Waals surface area contributed by atoms with E-state index in [4.69, 9.17) is 14.5 Å². The van der Waals surface area contributed by atoms with Crippen LogP contribution >= 0.6 is 0 Å². The minimum atomic E-state index is -0.727. The Morgan fingerprint density at radius 2 is 1.16 bits per heavy atom. The van der Waals surface area contributed by atoms with Gasteiger partial charge in [0.2, 0.25) is 11.8 Å². The number of methoxy groups -OCH3 is 2. The standard InChI is InChI=1S/C41H50N8O6/c1-24(2)34(46-40(52)54-5)38(50)48-20-8-7-10-32(48)36-42-22-30(44-36)28-16-12-26(13-17-28)27-14-18-29(19-15-27)31-23-43-37(45-31)33-11-9-21-49(33)39(51)35(25(3)4)47-41(53)55-6/h9,11-19,22-25,32-35H,7-8,10,20-21H2,1-6H3,(H,42,44)(H,43,45)(H,46,52)(H,47,53)/t32?,33?,34-,35-/m0/s1. The van der Waals surface area contributed by atoms with Crippen LogP contribution in [0, 0.1) is 11.8 Å². The normalized spacial score (nSPS) is 18.0. The van der Waals surface area contributed by atoms with E-state index in [0.29, 0.717) is 18.9 Å². The summed E-state index contributed by atoms with van der Waals surface area (Å²) in [6, 6.07) is 14.4. The van der Waals surface area contributed by atoms with Crippen molar-refractivity contribution in [2.45, 2.75) is 71.1 Å². The molecule has 4 amide bonds. The van der Waals surface area contributed by atoms with Crippen LogP contribution in [-0.2, 0) is 19.1 Å². The first-order valence-corrected chi connectivity index (χ1v) is 18.8. The fourth-order valence-corrected chi connectivity index (χ4v) is 7.19. The molecule has 2 aliphatic rings. The molecule has 4 N–H and O–H groups in total. The van der Waals surface area contributed by atoms with Crippen LogP contribution in [0.15, 0.2) is 73.1 Å². The van der Waals surface area contributed by atoms with E-state index in [9.17, 15) is 19.2 Å². The molecule has 4 heterocycles. The van der Waals surface area contributed by atoms with Crippen molar-refractivity contribution in [3.63, 3.8) is 0 Å². The Balaban J connectivity index is 1.12. The van der Waals surface area contributed by atoms with Gasteiger partial charge in [-0.25, -0.2) is 19.6 Å². The summed E-state index contributed by atoms with van der Waals surface area (Å²) in [6.45, 7) is 8.57. The van der Waals surface area contributed by atoms with E-state index in [1.54, 1.807) is 17.3 Å². The quantitative estimate of drug-likeness (QED) is 0.128. The molecule has 0 radical (unpaired) electrons. The number of hydrogen-bond donors (Lipinski definition) is 4. The molecule has 4 aromatic rings. The summed E-state index contributed by atoms with van der Waals surface area (Å²) in [5.41, 5.74) is 5.70. The van der Waals surface area contributed by atoms with Crippen LogP contribution in [0.3, 0.4) is 0 Å². The third-order valence-electron chi connectivity index (χ3n) is 10.3. The van der Waals surface area contributed by atoms with E-state index in [-0.39, 0.29) is 35.7 Å². The SMILES string of the molecule is COC(=O)N[C@H](C(=O)N1CC=CC1c1ncc(-c2ccc(-c3ccc(-c4cnc(C5CCCCN5C(=O)[C@@H](NC(=O)OC)C(C)C)[nH]4)cc3)cc2)[nH]1)C(C)C. The Hall–Kier alpha value is -5.92. The van der Waals surface area contributed by atoms with Crippen LogP contribution in [0.4, 0.5) is 9.59 Å². The molecular formula is C41H50N8O6. The van der Waals surface area contributed by atoms with E-state index < -0.39 is 24.3 Å². The van der Waals surface area contributed by atoms with Crippen molar-refractivity contribution in [2.75, 3.05) is 27.3 Å². The number of likely N-dealkylation sites (tertiary alicyclic amines) is 1. The molecule has 2 aromatic carbocycles. The molecule has 0 spiro atoms. The number of aromatic amines is 2. The predicted octanol–water partition coefficient (Wildman–Crippen LogP) is 6.39. The van der Waals surface area contributed by atoms with Gasteiger partial charge in [0.05, 0.1) is 44.0 Å². The van der Waals surface area contributed by atoms with Gasteiger partial charge in [0.25, 0.3) is 0 Å². The number of ether oxygens (including phenoxy) is 2. The molecule has 1 fully saturated rings. The molecule has 14 heteroatoms. The zero-order chi connectivity index (χ0) is 39.2. The number of aromatic nitrogens is 4. The second-order valence-electron chi connectivity index (χ2n) is 14.6. The van der Waals surface area contributed by atoms with Gasteiger partial charge in [-0.1, -0.05) is 88.4 Å². The second-order valence-corrected chi connectivity index (χ2v) is 14.6. The van der Waals surface area contributed by atoms with Gasteiger partial charge in [-0.3, -0.25) is 9.59 Å². The van der Waals surface area contributed by atoms with Gasteiger partial charge in [0.15, 0.2) is 0 Å². The molecule has 2 unspecified atom stereocenters. The number of carbonyl (C=O) groups excluding carboxylic acids is 4. The molecule has 2 aromatic heterocycles. The van der Waals surface area contributed by atoms with Crippen molar-refractivity contribution in [1.82, 2.24) is 40.4 Å². The molecule has 0 aliphatic carbocycles. The second kappa shape index (κ2) is 17.0. The number of imidazole rings is 2. The van der Waals surface area contributed by atoms with E-state index >= 15 is 0 Å². The highest BCUT2D eigenvalue weighted by Gasteiger charge is 2.37. The number of alkyl carbamates (subject to hydrolysis) is 2. The minimum absolute atomic E-state index is 0.110. The molecule has 55 heavy (non-hydrogen) atoms. The Bertz CT molecular complexity index is 2000. The van der Waals surface area contributed by atoms with Crippen molar-refractivity contribution in [1.29, 1.82) is 0 Å². The summed E-state index contributed by atoms with van der Waals surface area (Å²) < 4.78 is 9.51. The monoisotopic (exact) mass is 750 g/mol. The van der Waals surface area contributed by atoms with Crippen molar-refractivity contribution >= 4 is 24.0 Å². The summed E-state index contributed by atoms with van der Waals surface area (Å²) in [6.07, 6.45) is 8.81. The molecular weight excluding hydrogens is 701 g/mol. The van der Waals surface area contributed by atoms with E-state index in [1.165, 1.54) is 14.2 Å². The predicted molar refractivity (Wildman–Crippen MR) is 207 cm³/mol. The lowest BCUT2D eigenvalue weighted by Crippen LogP contribution is -2.53. The molecule has 14 nitrogen and oxygen atoms in total. The molecule has 2 aliphatic heterocycles. The topological polar surface area (TPSA) is 175 Å². The summed E-state index contributed by atoms with van der Waals surface area (Å²) in [5.74, 6) is 0.780. The highest BCUT2D eigenvalue weighted by atomic mass is 16.5. The summed E-state index contributed by atoms with van der Waals surface area (Å²) in [5, 5.41) is 5.38. The van der Waals surface area contributed by atoms with Crippen LogP contribution in [0.5, 0.6) is 0 Å². The summed E-state index contributed by atoms with van der Waals surface area (Å²) >= 11 is 0. The summed E-state index contributed by atoms with van der Waals surface area (Å²) in [7, 11) is 2.57. The number of benzene rings is 2. The Labute approximate surface area is 321 Å². The highest BCUT2D eigenvalue weighted by molar-refractivity contribution is 5.87. The van der Waals surface area contributed by atoms with Crippen LogP contribution in [0.1, 0.15) is 70.7 Å². The number of hydrogen-bond acceptors (Lipinski definition) is 8. The number of amides is 4. The Morgan fingerprint density at radius 3 is 1.67 bits per heavy atom. The average molecular weight is 751 g/mol. The average Bonchev–Trinajstić information content (AvgIpc) is 4.00. The van der Waals surface area contributed by atoms with Crippen LogP contribution in [0.2, 0.25) is 0 Å². The number of H-pyrrole nitrogens is 2. The van der Waals surface area contributed by atoms with Gasteiger partial charge in [0, 0.05) is 13.1 Å². The van der Waals surface area contributed by atoms with Gasteiger partial charge >= 0.3 is 12.2 Å². The lowest BCUT2D eigenvalue weighted by atomic mass is 9.97. The zero-order valence-electron chi connectivity index (χ0n) is 32.2. The molecule has 6 rings (SSSR count). The molecule has 0 bridgehead atoms. The first kappa shape index (κ1) is 38.8. The van der Waals surface area contributed by atoms with Crippen molar-refractivity contribution in [3.8, 4) is 33.6 Å². The first-order chi connectivity index (χ1) is 26.5. The van der Waals surface area contributed by atoms with Gasteiger partial charge < -0.3 is 39.9 Å². The van der Waals surface area contributed by atoms with E-state index in [0.717, 1.165) is 58.7 Å². The van der Waals surface area contributed by atoms with Crippen molar-refractivity contribution in [3.05, 3.63) is 84.7 Å². The fraction of sp³-hybridized carbons (Fsp3) is 0.415. The number of carbonyl (C=O) groups is 4. The van der Waals surface area contributed by atoms with Gasteiger partial charge in [-0.15, -0.1) is 0 Å². The van der Waals surface area contributed by atoms with Gasteiger partial charge in [0.1, 0.15) is 29.8 Å². The zero-order valence-corrected chi connectivity index (χ0v) is 32.2. The maximum atomic E-state index is 13.7. The number of nitrogens with one attached hydrogen (secondary N) is 4. The minimum Gasteiger partial charge on any atom is -0.453 e. The maximum absolute atomic E-state index is 13.7. The highest BCUT2D eigenvalue weighted by Crippen LogP contribution is 2.33. The van der Waals surface area contributed by atoms with Crippen LogP contribution < -0.4 is 10.6 Å². The lowest BCUT2D eigenvalue weighted by Gasteiger charge is -2.37. The van der Waals surface area contributed by atoms with Gasteiger partial charge in [-0.2, -0.15) is 0 Å². The third kappa shape index (κ3) is 8.58.